The molecule has 4 heteroatoms. The lowest BCUT2D eigenvalue weighted by atomic mass is 10.1. The van der Waals surface area contributed by atoms with Gasteiger partial charge in [0.25, 0.3) is 0 Å². The largest absolute Gasteiger partial charge is 0.465 e. The van der Waals surface area contributed by atoms with Crippen molar-refractivity contribution in [2.75, 3.05) is 7.11 Å². The van der Waals surface area contributed by atoms with Crippen molar-refractivity contribution in [2.45, 2.75) is 19.4 Å². The number of carbonyl (C=O) groups is 1. The van der Waals surface area contributed by atoms with Crippen LogP contribution in [0.2, 0.25) is 0 Å². The first-order chi connectivity index (χ1) is 7.04. The van der Waals surface area contributed by atoms with E-state index in [1.807, 2.05) is 0 Å². The molecule has 0 amide bonds. The Morgan fingerprint density at radius 1 is 1.60 bits per heavy atom. The molecule has 1 rings (SSSR count). The lowest BCUT2D eigenvalue weighted by molar-refractivity contribution is 0.0600. The average Bonchev–Trinajstić information content (AvgIpc) is 2.19. The van der Waals surface area contributed by atoms with Crippen molar-refractivity contribution in [3.8, 4) is 0 Å². The Morgan fingerprint density at radius 3 is 2.73 bits per heavy atom. The van der Waals surface area contributed by atoms with E-state index in [2.05, 4.69) is 4.74 Å². The number of hydrogen-bond acceptors (Lipinski definition) is 3. The number of halogens is 1. The number of ether oxygens (including phenoxy) is 1. The molecule has 0 aliphatic rings. The second kappa shape index (κ2) is 4.89. The van der Waals surface area contributed by atoms with Gasteiger partial charge in [-0.3, -0.25) is 0 Å². The highest BCUT2D eigenvalue weighted by Gasteiger charge is 2.10. The van der Waals surface area contributed by atoms with Crippen LogP contribution in [-0.4, -0.2) is 24.3 Å². The lowest BCUT2D eigenvalue weighted by Crippen LogP contribution is -2.08. The van der Waals surface area contributed by atoms with Crippen molar-refractivity contribution in [3.05, 3.63) is 35.1 Å². The second-order valence-electron chi connectivity index (χ2n) is 3.35. The number of benzene rings is 1. The summed E-state index contributed by atoms with van der Waals surface area (Å²) in [6.45, 7) is 1.58. The minimum Gasteiger partial charge on any atom is -0.465 e. The zero-order chi connectivity index (χ0) is 11.4. The van der Waals surface area contributed by atoms with E-state index in [1.54, 1.807) is 6.92 Å². The molecule has 0 saturated heterocycles. The van der Waals surface area contributed by atoms with Crippen LogP contribution in [0.1, 0.15) is 22.8 Å². The van der Waals surface area contributed by atoms with Gasteiger partial charge < -0.3 is 9.84 Å². The van der Waals surface area contributed by atoms with Crippen molar-refractivity contribution in [1.29, 1.82) is 0 Å². The van der Waals surface area contributed by atoms with E-state index in [0.717, 1.165) is 6.07 Å². The number of esters is 1. The molecule has 0 aromatic heterocycles. The third kappa shape index (κ3) is 3.02. The maximum Gasteiger partial charge on any atom is 0.337 e. The Balaban J connectivity index is 2.93. The van der Waals surface area contributed by atoms with Gasteiger partial charge in [-0.15, -0.1) is 0 Å². The number of methoxy groups -OCH3 is 1. The quantitative estimate of drug-likeness (QED) is 0.773. The van der Waals surface area contributed by atoms with Gasteiger partial charge in [-0.25, -0.2) is 9.18 Å². The summed E-state index contributed by atoms with van der Waals surface area (Å²) in [4.78, 5) is 11.1. The van der Waals surface area contributed by atoms with Crippen LogP contribution in [0.15, 0.2) is 18.2 Å². The molecule has 15 heavy (non-hydrogen) atoms. The fraction of sp³-hybridized carbons (Fsp3) is 0.364. The van der Waals surface area contributed by atoms with Crippen LogP contribution >= 0.6 is 0 Å². The Kier molecular flexibility index (Phi) is 3.80. The first-order valence-electron chi connectivity index (χ1n) is 4.59. The normalized spacial score (nSPS) is 12.3. The highest BCUT2D eigenvalue weighted by Crippen LogP contribution is 2.13. The zero-order valence-corrected chi connectivity index (χ0v) is 8.66. The van der Waals surface area contributed by atoms with Gasteiger partial charge in [-0.05, 0) is 24.6 Å². The van der Waals surface area contributed by atoms with Gasteiger partial charge in [0, 0.05) is 6.42 Å². The van der Waals surface area contributed by atoms with Crippen LogP contribution < -0.4 is 0 Å². The molecule has 0 saturated carbocycles. The smallest absolute Gasteiger partial charge is 0.337 e. The summed E-state index contributed by atoms with van der Waals surface area (Å²) < 4.78 is 17.8. The molecule has 1 N–H and O–H groups in total. The maximum absolute atomic E-state index is 13.4. The van der Waals surface area contributed by atoms with Gasteiger partial charge in [-0.2, -0.15) is 0 Å². The SMILES string of the molecule is COC(=O)c1ccc(CC(C)O)c(F)c1. The molecule has 1 aromatic carbocycles. The van der Waals surface area contributed by atoms with Crippen molar-refractivity contribution in [1.82, 2.24) is 0 Å². The van der Waals surface area contributed by atoms with Gasteiger partial charge in [0.05, 0.1) is 18.8 Å². The molecule has 1 unspecified atom stereocenters. The molecule has 0 aliphatic heterocycles. The van der Waals surface area contributed by atoms with Crippen LogP contribution in [0, 0.1) is 5.82 Å². The highest BCUT2D eigenvalue weighted by atomic mass is 19.1. The van der Waals surface area contributed by atoms with E-state index >= 15 is 0 Å². The summed E-state index contributed by atoms with van der Waals surface area (Å²) in [6.07, 6.45) is -0.378. The van der Waals surface area contributed by atoms with Gasteiger partial charge in [0.15, 0.2) is 0 Å². The third-order valence-electron chi connectivity index (χ3n) is 1.99. The fourth-order valence-electron chi connectivity index (χ4n) is 1.28. The van der Waals surface area contributed by atoms with Crippen LogP contribution in [0.5, 0.6) is 0 Å². The standard InChI is InChI=1S/C11H13FO3/c1-7(13)5-8-3-4-9(6-10(8)12)11(14)15-2/h3-4,6-7,13H,5H2,1-2H3. The fourth-order valence-corrected chi connectivity index (χ4v) is 1.28. The molecular formula is C11H13FO3. The van der Waals surface area contributed by atoms with Crippen LogP contribution in [-0.2, 0) is 11.2 Å². The molecule has 1 aromatic rings. The Hall–Kier alpha value is -1.42. The van der Waals surface area contributed by atoms with Gasteiger partial charge >= 0.3 is 5.97 Å². The third-order valence-corrected chi connectivity index (χ3v) is 1.99. The molecule has 3 nitrogen and oxygen atoms in total. The summed E-state index contributed by atoms with van der Waals surface area (Å²) in [5, 5.41) is 9.10. The molecule has 0 aliphatic carbocycles. The molecular weight excluding hydrogens is 199 g/mol. The van der Waals surface area contributed by atoms with Gasteiger partial charge in [0.2, 0.25) is 0 Å². The summed E-state index contributed by atoms with van der Waals surface area (Å²) in [5.74, 6) is -1.07. The van der Waals surface area contributed by atoms with Crippen LogP contribution in [0.25, 0.3) is 0 Å². The molecule has 1 atom stereocenters. The maximum atomic E-state index is 13.4. The minimum absolute atomic E-state index is 0.171. The van der Waals surface area contributed by atoms with Crippen LogP contribution in [0.4, 0.5) is 4.39 Å². The summed E-state index contributed by atoms with van der Waals surface area (Å²) in [5.41, 5.74) is 0.557. The first-order valence-corrected chi connectivity index (χ1v) is 4.59. The Morgan fingerprint density at radius 2 is 2.27 bits per heavy atom. The average molecular weight is 212 g/mol. The van der Waals surface area contributed by atoms with Crippen molar-refractivity contribution in [3.63, 3.8) is 0 Å². The molecule has 0 heterocycles. The number of hydrogen-bond donors (Lipinski definition) is 1. The molecule has 0 radical (unpaired) electrons. The lowest BCUT2D eigenvalue weighted by Gasteiger charge is -2.06. The minimum atomic E-state index is -0.608. The number of carbonyl (C=O) groups excluding carboxylic acids is 1. The monoisotopic (exact) mass is 212 g/mol. The van der Waals surface area contributed by atoms with Crippen molar-refractivity contribution >= 4 is 5.97 Å². The predicted octanol–water partition coefficient (Wildman–Crippen LogP) is 1.54. The summed E-state index contributed by atoms with van der Waals surface area (Å²) >= 11 is 0. The first kappa shape index (κ1) is 11.7. The van der Waals surface area contributed by atoms with E-state index in [4.69, 9.17) is 5.11 Å². The Labute approximate surface area is 87.5 Å². The molecule has 82 valence electrons. The van der Waals surface area contributed by atoms with Gasteiger partial charge in [0.1, 0.15) is 5.82 Å². The van der Waals surface area contributed by atoms with Gasteiger partial charge in [-0.1, -0.05) is 6.07 Å². The van der Waals surface area contributed by atoms with E-state index < -0.39 is 17.9 Å². The molecule has 0 bridgehead atoms. The van der Waals surface area contributed by atoms with E-state index in [0.29, 0.717) is 5.56 Å². The van der Waals surface area contributed by atoms with Crippen molar-refractivity contribution in [2.24, 2.45) is 0 Å². The zero-order valence-electron chi connectivity index (χ0n) is 8.66. The van der Waals surface area contributed by atoms with E-state index in [9.17, 15) is 9.18 Å². The van der Waals surface area contributed by atoms with E-state index in [1.165, 1.54) is 19.2 Å². The summed E-state index contributed by atoms with van der Waals surface area (Å²) in [6, 6.07) is 4.07. The van der Waals surface area contributed by atoms with Crippen molar-refractivity contribution < 1.29 is 19.0 Å². The van der Waals surface area contributed by atoms with E-state index in [-0.39, 0.29) is 12.0 Å². The molecule has 0 spiro atoms. The van der Waals surface area contributed by atoms with Crippen LogP contribution in [0.3, 0.4) is 0 Å². The number of aliphatic hydroxyl groups is 1. The highest BCUT2D eigenvalue weighted by molar-refractivity contribution is 5.89. The summed E-state index contributed by atoms with van der Waals surface area (Å²) in [7, 11) is 1.24. The Bertz CT molecular complexity index is 361. The molecule has 0 fully saturated rings. The topological polar surface area (TPSA) is 46.5 Å². The predicted molar refractivity (Wildman–Crippen MR) is 53.1 cm³/mol. The number of rotatable bonds is 3. The second-order valence-corrected chi connectivity index (χ2v) is 3.35. The number of aliphatic hydroxyl groups excluding tert-OH is 1.